The quantitative estimate of drug-likeness (QED) is 0.0153. The van der Waals surface area contributed by atoms with Crippen LogP contribution in [0.4, 0.5) is 0 Å². The van der Waals surface area contributed by atoms with Crippen LogP contribution in [-0.2, 0) is 115 Å². The van der Waals surface area contributed by atoms with Crippen molar-refractivity contribution in [1.82, 2.24) is 79.8 Å². The number of carboxylic acid groups (broad SMARTS) is 6. The normalized spacial score (nSPS) is 14.5. The molecule has 0 bridgehead atoms. The van der Waals surface area contributed by atoms with Crippen molar-refractivity contribution in [3.8, 4) is 0 Å². The lowest BCUT2D eigenvalue weighted by atomic mass is 9.99. The largest absolute Gasteiger partial charge is 0.481 e. The third-order valence-corrected chi connectivity index (χ3v) is 18.5. The molecule has 15 atom stereocenters. The van der Waals surface area contributed by atoms with Crippen LogP contribution < -0.4 is 126 Å². The van der Waals surface area contributed by atoms with E-state index in [0.717, 1.165) is 0 Å². The van der Waals surface area contributed by atoms with Crippen molar-refractivity contribution in [2.75, 3.05) is 26.2 Å². The summed E-state index contributed by atoms with van der Waals surface area (Å²) >= 11 is 0. The minimum atomic E-state index is -2.15. The van der Waals surface area contributed by atoms with Gasteiger partial charge in [-0.05, 0) is 121 Å². The van der Waals surface area contributed by atoms with Crippen molar-refractivity contribution >= 4 is 148 Å². The highest BCUT2D eigenvalue weighted by atomic mass is 16.4. The Labute approximate surface area is 737 Å². The van der Waals surface area contributed by atoms with Crippen LogP contribution >= 0.6 is 0 Å². The summed E-state index contributed by atoms with van der Waals surface area (Å²) in [6.07, 6.45) is -13.4. The van der Waals surface area contributed by atoms with Gasteiger partial charge in [-0.2, -0.15) is 0 Å². The number of aliphatic hydroxyl groups is 1. The number of nitrogens with two attached hydrogens (primary N) is 8. The molecule has 0 aliphatic rings. The van der Waals surface area contributed by atoms with E-state index >= 15 is 0 Å². The molecule has 0 unspecified atom stereocenters. The van der Waals surface area contributed by atoms with Crippen LogP contribution in [0, 0.1) is 17.2 Å². The van der Waals surface area contributed by atoms with Crippen molar-refractivity contribution < 1.29 is 151 Å². The molecule has 0 aromatic carbocycles. The monoisotopic (exact) mass is 1840 g/mol. The summed E-state index contributed by atoms with van der Waals surface area (Å²) in [6.45, 7) is 5.09. The first-order chi connectivity index (χ1) is 60.2. The highest BCUT2D eigenvalue weighted by molar-refractivity contribution is 6.02. The van der Waals surface area contributed by atoms with E-state index in [0.29, 0.717) is 0 Å². The van der Waals surface area contributed by atoms with E-state index in [1.165, 1.54) is 0 Å². The lowest BCUT2D eigenvalue weighted by molar-refractivity contribution is -0.144. The fourth-order valence-corrected chi connectivity index (χ4v) is 12.0. The number of hydrogen-bond donors (Lipinski definition) is 31. The Balaban J connectivity index is 7.55. The number of guanidine groups is 1. The number of carbonyl (C=O) groups is 24. The topological polar surface area (TPSA) is 964 Å². The maximum Gasteiger partial charge on any atom is 0.326 e. The van der Waals surface area contributed by atoms with E-state index in [4.69, 9.17) is 51.3 Å². The third-order valence-electron chi connectivity index (χ3n) is 18.5. The SMILES string of the molecule is CC(C)C[C@H](NC(=O)[C@H](CC(C)C)NC(=O)[C@H](CCCNC(=N)N)NC(=O)[C@H](CO)NC(=O)[C@H](CCCCN)NC(=O)[C@H](CCC(=O)O)NC(=O)[C@H](CCC(=O)O)NC(=O)[C@H](CCC(=O)O)NC(=O)[C@H](CC(N)=O)NC(=O)[C@H](CC(N)=O)NC(=O)[C@@H](N)CC(N)=O)C(=O)N[C@@H](CCC(=O)O)C(=O)N[C@@H](CCCCN)C(=O)N[C@@H](CCC(=O)O)C(=O)N[C@@H](CC(N)=O)C(=O)O. The summed E-state index contributed by atoms with van der Waals surface area (Å²) in [4.78, 5) is 316. The summed E-state index contributed by atoms with van der Waals surface area (Å²) in [5.74, 6) is -33.8. The fourth-order valence-electron chi connectivity index (χ4n) is 12.0. The molecule has 55 heteroatoms. The molecular weight excluding hydrogens is 1720 g/mol. The van der Waals surface area contributed by atoms with Crippen molar-refractivity contribution in [3.05, 3.63) is 0 Å². The second kappa shape index (κ2) is 60.9. The summed E-state index contributed by atoms with van der Waals surface area (Å²) in [5, 5.41) is 110. The Kier molecular flexibility index (Phi) is 54.5. The Morgan fingerprint density at radius 3 is 0.721 bits per heavy atom. The first-order valence-corrected chi connectivity index (χ1v) is 40.8. The molecule has 0 saturated carbocycles. The van der Waals surface area contributed by atoms with E-state index in [2.05, 4.69) is 63.8 Å². The van der Waals surface area contributed by atoms with E-state index in [1.807, 2.05) is 16.0 Å². The Morgan fingerprint density at radius 1 is 0.271 bits per heavy atom. The molecule has 55 nitrogen and oxygen atoms in total. The first kappa shape index (κ1) is 115. The summed E-state index contributed by atoms with van der Waals surface area (Å²) in [7, 11) is 0. The van der Waals surface area contributed by atoms with Gasteiger partial charge in [0.2, 0.25) is 106 Å². The van der Waals surface area contributed by atoms with E-state index in [1.54, 1.807) is 27.7 Å². The molecule has 129 heavy (non-hydrogen) atoms. The highest BCUT2D eigenvalue weighted by Gasteiger charge is 2.40. The molecule has 0 fully saturated rings. The van der Waals surface area contributed by atoms with Crippen molar-refractivity contribution in [2.24, 2.45) is 57.7 Å². The molecule has 726 valence electrons. The number of aliphatic carboxylic acids is 6. The zero-order chi connectivity index (χ0) is 98.7. The van der Waals surface area contributed by atoms with Gasteiger partial charge in [0.1, 0.15) is 84.6 Å². The Bertz CT molecular complexity index is 3950. The molecule has 0 aliphatic carbocycles. The van der Waals surface area contributed by atoms with Gasteiger partial charge < -0.3 is 161 Å². The predicted molar refractivity (Wildman–Crippen MR) is 443 cm³/mol. The van der Waals surface area contributed by atoms with Gasteiger partial charge in [-0.25, -0.2) is 4.79 Å². The van der Waals surface area contributed by atoms with Gasteiger partial charge in [0.25, 0.3) is 0 Å². The van der Waals surface area contributed by atoms with Crippen LogP contribution in [0.1, 0.15) is 182 Å². The number of carboxylic acids is 6. The van der Waals surface area contributed by atoms with Crippen molar-refractivity contribution in [1.29, 1.82) is 5.41 Å². The average molecular weight is 1850 g/mol. The number of unbranched alkanes of at least 4 members (excludes halogenated alkanes) is 2. The van der Waals surface area contributed by atoms with E-state index in [9.17, 15) is 151 Å². The van der Waals surface area contributed by atoms with Gasteiger partial charge in [-0.15, -0.1) is 0 Å². The van der Waals surface area contributed by atoms with Gasteiger partial charge in [0, 0.05) is 38.6 Å². The molecule has 0 aromatic rings. The molecule has 0 spiro atoms. The van der Waals surface area contributed by atoms with Gasteiger partial charge in [0.05, 0.1) is 38.3 Å². The van der Waals surface area contributed by atoms with Crippen LogP contribution in [0.5, 0.6) is 0 Å². The molecule has 39 N–H and O–H groups in total. The number of nitrogens with one attached hydrogen (secondary N) is 16. The maximum absolute atomic E-state index is 14.6. The van der Waals surface area contributed by atoms with Crippen LogP contribution in [0.15, 0.2) is 0 Å². The minimum absolute atomic E-state index is 0.0104. The summed E-state index contributed by atoms with van der Waals surface area (Å²) in [5.41, 5.74) is 43.3. The molecule has 0 aliphatic heterocycles. The average Bonchev–Trinajstić information content (AvgIpc) is 0.855. The number of primary amides is 4. The molecule has 0 radical (unpaired) electrons. The Morgan fingerprint density at radius 2 is 0.481 bits per heavy atom. The lowest BCUT2D eigenvalue weighted by Crippen LogP contribution is -2.61. The molecular formula is C74H124N24O31. The second-order valence-corrected chi connectivity index (χ2v) is 30.6. The lowest BCUT2D eigenvalue weighted by Gasteiger charge is -2.29. The summed E-state index contributed by atoms with van der Waals surface area (Å²) in [6, 6.07) is -28.2. The second-order valence-electron chi connectivity index (χ2n) is 30.6. The maximum atomic E-state index is 14.6. The van der Waals surface area contributed by atoms with Crippen LogP contribution in [0.25, 0.3) is 0 Å². The standard InChI is InChI=1S/C74H124N24O31/c1-33(2)26-44(68(123)91-41(15-20-56(108)109)64(119)85-36(10-5-7-23-75)60(115)88-43(17-22-58(112)113)67(122)97-48(73(128)129)31-53(81)103)95-69(124)45(27-34(3)4)94-61(116)38(12-9-25-84-74(82)83)87-72(127)49(32-99)98-62(117)37(11-6-8-24-76)86-63(118)39(13-18-54(104)105)89-65(120)40(14-19-55(106)107)90-66(121)42(16-21-57(110)111)92-70(125)47(30-52(80)102)96-71(126)46(29-51(79)101)93-59(114)35(77)28-50(78)100/h33-49,99H,5-32,75-77H2,1-4H3,(H2,78,100)(H2,79,101)(H2,80,102)(H2,81,103)(H,85,119)(H,86,118)(H,87,127)(H,88,115)(H,89,120)(H,90,121)(H,91,123)(H,92,125)(H,93,114)(H,94,116)(H,95,124)(H,96,126)(H,97,122)(H,98,117)(H,104,105)(H,106,107)(H,108,109)(H,110,111)(H,112,113)(H,128,129)(H4,82,83,84)/t35-,36-,37-,38-,39-,40-,41-,42-,43-,44-,45-,46-,47-,48-,49-/m0/s1. The first-order valence-electron chi connectivity index (χ1n) is 40.8. The molecule has 18 amide bonds. The predicted octanol–water partition coefficient (Wildman–Crippen LogP) is -12.4. The van der Waals surface area contributed by atoms with Gasteiger partial charge in [-0.3, -0.25) is 116 Å². The van der Waals surface area contributed by atoms with Crippen molar-refractivity contribution in [3.63, 3.8) is 0 Å². The molecule has 0 saturated heterocycles. The number of hydrogen-bond acceptors (Lipinski definition) is 29. The molecule has 0 aromatic heterocycles. The number of amides is 18. The van der Waals surface area contributed by atoms with Crippen molar-refractivity contribution in [2.45, 2.75) is 272 Å². The van der Waals surface area contributed by atoms with E-state index < -0.39 is 347 Å². The minimum Gasteiger partial charge on any atom is -0.481 e. The zero-order valence-electron chi connectivity index (χ0n) is 71.7. The van der Waals surface area contributed by atoms with Gasteiger partial charge >= 0.3 is 35.8 Å². The number of aliphatic hydroxyl groups excluding tert-OH is 1. The van der Waals surface area contributed by atoms with Crippen LogP contribution in [-0.4, -0.2) is 301 Å². The molecule has 0 rings (SSSR count). The summed E-state index contributed by atoms with van der Waals surface area (Å²) < 4.78 is 0. The number of rotatable bonds is 69. The highest BCUT2D eigenvalue weighted by Crippen LogP contribution is 2.16. The molecule has 0 heterocycles. The van der Waals surface area contributed by atoms with Gasteiger partial charge in [-0.1, -0.05) is 27.7 Å². The van der Waals surface area contributed by atoms with E-state index in [-0.39, 0.29) is 83.8 Å². The zero-order valence-corrected chi connectivity index (χ0v) is 71.7. The van der Waals surface area contributed by atoms with Crippen LogP contribution in [0.2, 0.25) is 0 Å². The smallest absolute Gasteiger partial charge is 0.326 e. The third kappa shape index (κ3) is 49.8. The van der Waals surface area contributed by atoms with Gasteiger partial charge in [0.15, 0.2) is 5.96 Å². The Hall–Kier alpha value is -13.6. The van der Waals surface area contributed by atoms with Crippen LogP contribution in [0.3, 0.4) is 0 Å². The number of carbonyl (C=O) groups excluding carboxylic acids is 18. The fraction of sp³-hybridized carbons (Fsp3) is 0.662.